The molecule has 96 valence electrons. The summed E-state index contributed by atoms with van der Waals surface area (Å²) < 4.78 is 0. The molecule has 1 rings (SSSR count). The van der Waals surface area contributed by atoms with Gasteiger partial charge in [0.25, 0.3) is 0 Å². The number of halogens is 1. The van der Waals surface area contributed by atoms with Gasteiger partial charge in [-0.25, -0.2) is 9.59 Å². The van der Waals surface area contributed by atoms with E-state index in [0.29, 0.717) is 5.69 Å². The molecule has 0 saturated carbocycles. The highest BCUT2D eigenvalue weighted by molar-refractivity contribution is 6.34. The van der Waals surface area contributed by atoms with E-state index in [1.165, 1.54) is 18.2 Å². The van der Waals surface area contributed by atoms with E-state index in [9.17, 15) is 9.59 Å². The van der Waals surface area contributed by atoms with Crippen molar-refractivity contribution in [3.8, 4) is 0 Å². The van der Waals surface area contributed by atoms with Crippen molar-refractivity contribution >= 4 is 29.3 Å². The zero-order chi connectivity index (χ0) is 13.7. The molecule has 0 fully saturated rings. The van der Waals surface area contributed by atoms with Gasteiger partial charge in [0.1, 0.15) is 0 Å². The first kappa shape index (κ1) is 14.1. The zero-order valence-electron chi connectivity index (χ0n) is 9.74. The molecule has 2 amide bonds. The van der Waals surface area contributed by atoms with Crippen molar-refractivity contribution in [2.75, 3.05) is 5.32 Å². The van der Waals surface area contributed by atoms with Crippen molar-refractivity contribution in [3.63, 3.8) is 0 Å². The summed E-state index contributed by atoms with van der Waals surface area (Å²) in [6.07, 6.45) is 1.58. The number of carboxylic acid groups (broad SMARTS) is 1. The smallest absolute Gasteiger partial charge is 0.335 e. The van der Waals surface area contributed by atoms with E-state index in [1.54, 1.807) is 13.0 Å². The van der Waals surface area contributed by atoms with Gasteiger partial charge in [-0.05, 0) is 25.1 Å². The Morgan fingerprint density at radius 1 is 1.50 bits per heavy atom. The molecule has 3 N–H and O–H groups in total. The Morgan fingerprint density at radius 2 is 2.17 bits per heavy atom. The highest BCUT2D eigenvalue weighted by atomic mass is 35.5. The van der Waals surface area contributed by atoms with E-state index in [2.05, 4.69) is 17.2 Å². The fourth-order valence-corrected chi connectivity index (χ4v) is 1.40. The third-order valence-electron chi connectivity index (χ3n) is 2.18. The van der Waals surface area contributed by atoms with Gasteiger partial charge in [-0.3, -0.25) is 0 Å². The largest absolute Gasteiger partial charge is 0.478 e. The molecule has 0 aliphatic heterocycles. The predicted octanol–water partition coefficient (Wildman–Crippen LogP) is 2.73. The lowest BCUT2D eigenvalue weighted by Gasteiger charge is -2.12. The molecule has 0 radical (unpaired) electrons. The maximum atomic E-state index is 11.5. The molecule has 0 heterocycles. The molecule has 18 heavy (non-hydrogen) atoms. The average molecular weight is 269 g/mol. The number of urea groups is 1. The minimum absolute atomic E-state index is 0.0606. The molecule has 1 aromatic rings. The van der Waals surface area contributed by atoms with Crippen molar-refractivity contribution in [1.82, 2.24) is 5.32 Å². The van der Waals surface area contributed by atoms with Crippen LogP contribution in [0.1, 0.15) is 17.3 Å². The van der Waals surface area contributed by atoms with Crippen LogP contribution in [0.15, 0.2) is 30.9 Å². The molecule has 1 unspecified atom stereocenters. The molecular weight excluding hydrogens is 256 g/mol. The summed E-state index contributed by atoms with van der Waals surface area (Å²) in [4.78, 5) is 22.2. The van der Waals surface area contributed by atoms with Crippen LogP contribution in [0.2, 0.25) is 5.02 Å². The molecule has 0 bridgehead atoms. The van der Waals surface area contributed by atoms with E-state index in [0.717, 1.165) is 0 Å². The predicted molar refractivity (Wildman–Crippen MR) is 70.2 cm³/mol. The van der Waals surface area contributed by atoms with Crippen LogP contribution in [-0.4, -0.2) is 23.1 Å². The number of hydrogen-bond donors (Lipinski definition) is 3. The number of anilines is 1. The Kier molecular flexibility index (Phi) is 4.74. The number of carbonyl (C=O) groups excluding carboxylic acids is 1. The number of benzene rings is 1. The number of carboxylic acids is 1. The second-order valence-corrected chi connectivity index (χ2v) is 4.03. The van der Waals surface area contributed by atoms with Crippen LogP contribution in [0.25, 0.3) is 0 Å². The van der Waals surface area contributed by atoms with Crippen LogP contribution in [-0.2, 0) is 0 Å². The lowest BCUT2D eigenvalue weighted by atomic mass is 10.2. The topological polar surface area (TPSA) is 78.4 Å². The summed E-state index contributed by atoms with van der Waals surface area (Å²) in [7, 11) is 0. The van der Waals surface area contributed by atoms with Gasteiger partial charge < -0.3 is 15.7 Å². The summed E-state index contributed by atoms with van der Waals surface area (Å²) in [5.41, 5.74) is 0.404. The summed E-state index contributed by atoms with van der Waals surface area (Å²) >= 11 is 5.86. The van der Waals surface area contributed by atoms with Crippen molar-refractivity contribution in [1.29, 1.82) is 0 Å². The Balaban J connectivity index is 2.76. The molecule has 0 aliphatic rings. The number of rotatable bonds is 4. The van der Waals surface area contributed by atoms with Crippen molar-refractivity contribution < 1.29 is 14.7 Å². The van der Waals surface area contributed by atoms with Gasteiger partial charge in [0, 0.05) is 6.04 Å². The Morgan fingerprint density at radius 3 is 2.67 bits per heavy atom. The van der Waals surface area contributed by atoms with Crippen LogP contribution in [0, 0.1) is 0 Å². The van der Waals surface area contributed by atoms with Crippen molar-refractivity contribution in [2.45, 2.75) is 13.0 Å². The Labute approximate surface area is 109 Å². The molecule has 1 aromatic carbocycles. The fraction of sp³-hybridized carbons (Fsp3) is 0.167. The number of hydrogen-bond acceptors (Lipinski definition) is 2. The molecule has 1 atom stereocenters. The van der Waals surface area contributed by atoms with Gasteiger partial charge in [-0.1, -0.05) is 17.7 Å². The zero-order valence-corrected chi connectivity index (χ0v) is 10.5. The van der Waals surface area contributed by atoms with Crippen LogP contribution < -0.4 is 10.6 Å². The fourth-order valence-electron chi connectivity index (χ4n) is 1.17. The summed E-state index contributed by atoms with van der Waals surface area (Å²) in [6, 6.07) is 3.45. The molecular formula is C12H13ClN2O3. The maximum absolute atomic E-state index is 11.5. The summed E-state index contributed by atoms with van der Waals surface area (Å²) in [5.74, 6) is -1.08. The molecule has 6 heteroatoms. The first-order valence-electron chi connectivity index (χ1n) is 5.17. The van der Waals surface area contributed by atoms with Crippen molar-refractivity contribution in [2.24, 2.45) is 0 Å². The lowest BCUT2D eigenvalue weighted by molar-refractivity contribution is 0.0697. The number of carbonyl (C=O) groups is 2. The van der Waals surface area contributed by atoms with E-state index < -0.39 is 12.0 Å². The molecule has 0 saturated heterocycles. The lowest BCUT2D eigenvalue weighted by Crippen LogP contribution is -2.34. The SMILES string of the molecule is C=CC(C)NC(=O)Nc1ccc(C(=O)O)cc1Cl. The normalized spacial score (nSPS) is 11.4. The molecule has 0 aliphatic carbocycles. The van der Waals surface area contributed by atoms with Gasteiger partial charge in [0.15, 0.2) is 0 Å². The van der Waals surface area contributed by atoms with Gasteiger partial charge in [0.2, 0.25) is 0 Å². The minimum Gasteiger partial charge on any atom is -0.478 e. The van der Waals surface area contributed by atoms with Gasteiger partial charge in [-0.2, -0.15) is 0 Å². The number of aromatic carboxylic acids is 1. The van der Waals surface area contributed by atoms with Gasteiger partial charge >= 0.3 is 12.0 Å². The summed E-state index contributed by atoms with van der Waals surface area (Å²) in [5, 5.41) is 14.0. The molecule has 5 nitrogen and oxygen atoms in total. The van der Waals surface area contributed by atoms with Crippen LogP contribution in [0.4, 0.5) is 10.5 Å². The maximum Gasteiger partial charge on any atom is 0.335 e. The quantitative estimate of drug-likeness (QED) is 0.735. The molecule has 0 aromatic heterocycles. The van der Waals surface area contributed by atoms with Gasteiger partial charge in [-0.15, -0.1) is 6.58 Å². The third-order valence-corrected chi connectivity index (χ3v) is 2.49. The second kappa shape index (κ2) is 6.07. The minimum atomic E-state index is -1.08. The molecule has 0 spiro atoms. The van der Waals surface area contributed by atoms with Crippen LogP contribution in [0.3, 0.4) is 0 Å². The van der Waals surface area contributed by atoms with E-state index in [1.807, 2.05) is 0 Å². The first-order chi connectivity index (χ1) is 8.43. The second-order valence-electron chi connectivity index (χ2n) is 3.62. The van der Waals surface area contributed by atoms with Crippen LogP contribution in [0.5, 0.6) is 0 Å². The monoisotopic (exact) mass is 268 g/mol. The average Bonchev–Trinajstić information content (AvgIpc) is 2.31. The van der Waals surface area contributed by atoms with Crippen LogP contribution >= 0.6 is 11.6 Å². The van der Waals surface area contributed by atoms with E-state index in [-0.39, 0.29) is 16.6 Å². The van der Waals surface area contributed by atoms with Crippen molar-refractivity contribution in [3.05, 3.63) is 41.4 Å². The highest BCUT2D eigenvalue weighted by Gasteiger charge is 2.10. The number of nitrogens with one attached hydrogen (secondary N) is 2. The Hall–Kier alpha value is -2.01. The summed E-state index contributed by atoms with van der Waals surface area (Å²) in [6.45, 7) is 5.30. The first-order valence-corrected chi connectivity index (χ1v) is 5.54. The van der Waals surface area contributed by atoms with E-state index >= 15 is 0 Å². The Bertz CT molecular complexity index is 488. The number of amides is 2. The highest BCUT2D eigenvalue weighted by Crippen LogP contribution is 2.22. The van der Waals surface area contributed by atoms with Gasteiger partial charge in [0.05, 0.1) is 16.3 Å². The van der Waals surface area contributed by atoms with E-state index in [4.69, 9.17) is 16.7 Å². The third kappa shape index (κ3) is 3.78. The standard InChI is InChI=1S/C12H13ClN2O3/c1-3-7(2)14-12(18)15-10-5-4-8(11(16)17)6-9(10)13/h3-7H,1H2,2H3,(H,16,17)(H2,14,15,18).